The molecule has 0 unspecified atom stereocenters. The van der Waals surface area contributed by atoms with Gasteiger partial charge in [-0.05, 0) is 30.5 Å². The van der Waals surface area contributed by atoms with E-state index in [1.807, 2.05) is 13.0 Å². The van der Waals surface area contributed by atoms with Crippen molar-refractivity contribution in [2.24, 2.45) is 5.10 Å². The third-order valence-electron chi connectivity index (χ3n) is 6.05. The van der Waals surface area contributed by atoms with E-state index in [-0.39, 0.29) is 23.3 Å². The van der Waals surface area contributed by atoms with Gasteiger partial charge in [-0.2, -0.15) is 26.7 Å². The van der Waals surface area contributed by atoms with Gasteiger partial charge in [0.15, 0.2) is 0 Å². The number of aromatic nitrogens is 2. The summed E-state index contributed by atoms with van der Waals surface area (Å²) in [7, 11) is -3.74. The van der Waals surface area contributed by atoms with E-state index < -0.39 is 22.1 Å². The SMILES string of the molecule is CCc1nc2cc(NC)c(Cl)cn2c1C(=O)NCc1ccc(N2CCN(S(=O)(=O)C(F)(F)F)C=N2)c(C)c1. The molecule has 0 radical (unpaired) electrons. The summed E-state index contributed by atoms with van der Waals surface area (Å²) in [6.45, 7) is 3.44. The molecule has 4 rings (SSSR count). The number of nitrogens with one attached hydrogen (secondary N) is 2. The van der Waals surface area contributed by atoms with Crippen LogP contribution in [0.3, 0.4) is 0 Å². The number of halogens is 4. The van der Waals surface area contributed by atoms with Crippen molar-refractivity contribution in [1.29, 1.82) is 0 Å². The first-order chi connectivity index (χ1) is 17.9. The zero-order valence-electron chi connectivity index (χ0n) is 20.7. The minimum absolute atomic E-state index is 0.0609. The number of fused-ring (bicyclic) bond motifs is 1. The van der Waals surface area contributed by atoms with Crippen LogP contribution in [-0.4, -0.2) is 60.0 Å². The molecule has 0 atom stereocenters. The number of imidazole rings is 1. The van der Waals surface area contributed by atoms with E-state index in [4.69, 9.17) is 11.6 Å². The number of carbonyl (C=O) groups is 1. The number of hydrazone groups is 1. The van der Waals surface area contributed by atoms with Crippen LogP contribution in [0.25, 0.3) is 5.65 Å². The van der Waals surface area contributed by atoms with Gasteiger partial charge >= 0.3 is 15.5 Å². The summed E-state index contributed by atoms with van der Waals surface area (Å²) in [4.78, 5) is 17.7. The maximum Gasteiger partial charge on any atom is 0.516 e. The van der Waals surface area contributed by atoms with Crippen molar-refractivity contribution in [3.05, 3.63) is 58.0 Å². The van der Waals surface area contributed by atoms with Crippen molar-refractivity contribution >= 4 is 50.9 Å². The van der Waals surface area contributed by atoms with Crippen LogP contribution in [0.4, 0.5) is 24.5 Å². The molecule has 0 saturated heterocycles. The summed E-state index contributed by atoms with van der Waals surface area (Å²) < 4.78 is 63.3. The molecule has 3 heterocycles. The predicted octanol–water partition coefficient (Wildman–Crippen LogP) is 3.75. The maximum atomic E-state index is 13.1. The number of carbonyl (C=O) groups excluding carboxylic acids is 1. The summed E-state index contributed by atoms with van der Waals surface area (Å²) in [5.74, 6) is -0.323. The van der Waals surface area contributed by atoms with E-state index in [2.05, 4.69) is 20.7 Å². The third-order valence-corrected chi connectivity index (χ3v) is 7.83. The van der Waals surface area contributed by atoms with E-state index >= 15 is 0 Å². The van der Waals surface area contributed by atoms with Crippen LogP contribution in [0, 0.1) is 6.92 Å². The van der Waals surface area contributed by atoms with Crippen molar-refractivity contribution in [3.63, 3.8) is 0 Å². The Kier molecular flexibility index (Phi) is 7.48. The van der Waals surface area contributed by atoms with Crippen LogP contribution in [0.5, 0.6) is 0 Å². The smallest absolute Gasteiger partial charge is 0.387 e. The molecular weight excluding hydrogens is 547 g/mol. The molecule has 38 heavy (non-hydrogen) atoms. The fourth-order valence-electron chi connectivity index (χ4n) is 4.10. The summed E-state index contributed by atoms with van der Waals surface area (Å²) in [6.07, 6.45) is 2.85. The molecule has 0 aliphatic carbocycles. The fraction of sp³-hybridized carbons (Fsp3) is 0.348. The van der Waals surface area contributed by atoms with Crippen LogP contribution >= 0.6 is 11.6 Å². The molecule has 1 amide bonds. The standard InChI is InChI=1S/C23H25ClF3N7O3S/c1-4-17-21(33-12-16(24)18(28-3)10-20(33)31-17)22(35)29-11-15-5-6-19(14(2)9-15)34-8-7-32(13-30-34)38(36,37)23(25,26)27/h5-6,9-10,12-13,28H,4,7-8,11H2,1-3H3,(H,29,35). The normalized spacial score (nSPS) is 14.3. The molecule has 1 aliphatic rings. The Morgan fingerprint density at radius 2 is 1.95 bits per heavy atom. The van der Waals surface area contributed by atoms with Gasteiger partial charge in [-0.15, -0.1) is 0 Å². The molecule has 15 heteroatoms. The van der Waals surface area contributed by atoms with E-state index in [1.54, 1.807) is 42.8 Å². The van der Waals surface area contributed by atoms with E-state index in [9.17, 15) is 26.4 Å². The molecule has 2 N–H and O–H groups in total. The Labute approximate surface area is 222 Å². The van der Waals surface area contributed by atoms with Gasteiger partial charge in [-0.1, -0.05) is 30.7 Å². The van der Waals surface area contributed by atoms with Crippen molar-refractivity contribution in [3.8, 4) is 0 Å². The zero-order valence-corrected chi connectivity index (χ0v) is 22.2. The second kappa shape index (κ2) is 10.3. The average Bonchev–Trinajstić information content (AvgIpc) is 3.23. The van der Waals surface area contributed by atoms with E-state index in [1.165, 1.54) is 5.01 Å². The zero-order chi connectivity index (χ0) is 27.8. The minimum Gasteiger partial charge on any atom is -0.387 e. The van der Waals surface area contributed by atoms with Crippen molar-refractivity contribution in [2.75, 3.05) is 30.5 Å². The molecule has 1 aromatic carbocycles. The lowest BCUT2D eigenvalue weighted by molar-refractivity contribution is -0.0471. The number of amides is 1. The average molecular weight is 572 g/mol. The Morgan fingerprint density at radius 1 is 1.21 bits per heavy atom. The number of anilines is 2. The van der Waals surface area contributed by atoms with Gasteiger partial charge in [0.05, 0.1) is 35.2 Å². The first-order valence-electron chi connectivity index (χ1n) is 11.5. The number of nitrogens with zero attached hydrogens (tertiary/aromatic N) is 5. The number of hydrogen-bond acceptors (Lipinski definition) is 7. The first-order valence-corrected chi connectivity index (χ1v) is 13.3. The lowest BCUT2D eigenvalue weighted by Crippen LogP contribution is -2.46. The molecule has 10 nitrogen and oxygen atoms in total. The number of rotatable bonds is 7. The van der Waals surface area contributed by atoms with Crippen LogP contribution in [0.15, 0.2) is 35.6 Å². The molecule has 204 valence electrons. The van der Waals surface area contributed by atoms with Gasteiger partial charge in [0.1, 0.15) is 17.7 Å². The van der Waals surface area contributed by atoms with E-state index in [0.29, 0.717) is 46.2 Å². The topological polar surface area (TPSA) is 111 Å². The van der Waals surface area contributed by atoms with Crippen LogP contribution in [0.2, 0.25) is 5.02 Å². The number of hydrogen-bond donors (Lipinski definition) is 2. The molecule has 2 aromatic heterocycles. The number of aryl methyl sites for hydroxylation is 2. The predicted molar refractivity (Wildman–Crippen MR) is 139 cm³/mol. The van der Waals surface area contributed by atoms with Gasteiger partial charge in [0.2, 0.25) is 0 Å². The Morgan fingerprint density at radius 3 is 2.53 bits per heavy atom. The Hall–Kier alpha value is -3.52. The van der Waals surface area contributed by atoms with Gasteiger partial charge in [-0.3, -0.25) is 14.2 Å². The number of benzene rings is 1. The highest BCUT2D eigenvalue weighted by molar-refractivity contribution is 7.90. The van der Waals surface area contributed by atoms with Gasteiger partial charge in [-0.25, -0.2) is 9.29 Å². The highest BCUT2D eigenvalue weighted by Gasteiger charge is 2.50. The molecule has 0 spiro atoms. The molecule has 0 fully saturated rings. The van der Waals surface area contributed by atoms with Crippen molar-refractivity contribution in [2.45, 2.75) is 32.3 Å². The van der Waals surface area contributed by atoms with Crippen LogP contribution < -0.4 is 15.6 Å². The molecule has 0 saturated carbocycles. The van der Waals surface area contributed by atoms with Crippen LogP contribution in [0.1, 0.15) is 34.2 Å². The second-order valence-electron chi connectivity index (χ2n) is 8.49. The summed E-state index contributed by atoms with van der Waals surface area (Å²) in [5, 5.41) is 11.6. The Bertz CT molecular complexity index is 1520. The number of sulfonamides is 1. The monoisotopic (exact) mass is 571 g/mol. The number of pyridine rings is 1. The lowest BCUT2D eigenvalue weighted by atomic mass is 10.1. The maximum absolute atomic E-state index is 13.1. The fourth-order valence-corrected chi connectivity index (χ4v) is 5.10. The summed E-state index contributed by atoms with van der Waals surface area (Å²) in [5.41, 5.74) is -0.964. The lowest BCUT2D eigenvalue weighted by Gasteiger charge is -2.30. The molecule has 0 bridgehead atoms. The van der Waals surface area contributed by atoms with Gasteiger partial charge < -0.3 is 10.6 Å². The third kappa shape index (κ3) is 5.10. The highest BCUT2D eigenvalue weighted by atomic mass is 35.5. The number of alkyl halides is 3. The van der Waals surface area contributed by atoms with E-state index in [0.717, 1.165) is 11.1 Å². The quantitative estimate of drug-likeness (QED) is 0.447. The second-order valence-corrected chi connectivity index (χ2v) is 10.8. The molecular formula is C23H25ClF3N7O3S. The van der Waals surface area contributed by atoms with Crippen LogP contribution in [-0.2, 0) is 23.0 Å². The first kappa shape index (κ1) is 27.5. The summed E-state index contributed by atoms with van der Waals surface area (Å²) >= 11 is 6.31. The largest absolute Gasteiger partial charge is 0.516 e. The van der Waals surface area contributed by atoms with Crippen molar-refractivity contribution in [1.82, 2.24) is 19.0 Å². The summed E-state index contributed by atoms with van der Waals surface area (Å²) in [6, 6.07) is 7.05. The minimum atomic E-state index is -5.48. The Balaban J connectivity index is 1.48. The molecule has 3 aromatic rings. The van der Waals surface area contributed by atoms with Crippen molar-refractivity contribution < 1.29 is 26.4 Å². The molecule has 1 aliphatic heterocycles. The van der Waals surface area contributed by atoms with Gasteiger partial charge in [0.25, 0.3) is 5.91 Å². The van der Waals surface area contributed by atoms with Gasteiger partial charge in [0, 0.05) is 25.9 Å². The highest BCUT2D eigenvalue weighted by Crippen LogP contribution is 2.29.